The number of halogens is 1. The second kappa shape index (κ2) is 10.9. The van der Waals surface area contributed by atoms with Gasteiger partial charge in [-0.3, -0.25) is 9.69 Å². The number of carbonyl (C=O) groups excluding carboxylic acids is 1. The van der Waals surface area contributed by atoms with Gasteiger partial charge in [-0.15, -0.1) is 0 Å². The Kier molecular flexibility index (Phi) is 7.05. The van der Waals surface area contributed by atoms with Crippen LogP contribution in [0.2, 0.25) is 0 Å². The van der Waals surface area contributed by atoms with Crippen molar-refractivity contribution in [2.24, 2.45) is 0 Å². The van der Waals surface area contributed by atoms with Crippen molar-refractivity contribution in [3.05, 3.63) is 60.2 Å². The molecule has 1 fully saturated rings. The first-order valence-corrected chi connectivity index (χ1v) is 13.3. The van der Waals surface area contributed by atoms with Crippen molar-refractivity contribution >= 4 is 34.1 Å². The highest BCUT2D eigenvalue weighted by molar-refractivity contribution is 5.95. The molecule has 0 saturated carbocycles. The third kappa shape index (κ3) is 4.96. The van der Waals surface area contributed by atoms with Crippen LogP contribution in [0.1, 0.15) is 10.4 Å². The quantitative estimate of drug-likeness (QED) is 0.237. The van der Waals surface area contributed by atoms with Gasteiger partial charge in [-0.2, -0.15) is 19.7 Å². The number of hydrogen-bond donors (Lipinski definition) is 3. The van der Waals surface area contributed by atoms with Gasteiger partial charge in [0.25, 0.3) is 5.91 Å². The van der Waals surface area contributed by atoms with E-state index in [4.69, 9.17) is 10.2 Å². The van der Waals surface area contributed by atoms with Gasteiger partial charge in [0.15, 0.2) is 11.4 Å². The molecule has 12 nitrogen and oxygen atoms in total. The third-order valence-electron chi connectivity index (χ3n) is 7.22. The minimum atomic E-state index is -0.386. The zero-order chi connectivity index (χ0) is 27.6. The summed E-state index contributed by atoms with van der Waals surface area (Å²) in [6.45, 7) is 5.46. The smallest absolute Gasteiger partial charge is 0.251 e. The summed E-state index contributed by atoms with van der Waals surface area (Å²) in [6.07, 6.45) is 3.39. The van der Waals surface area contributed by atoms with E-state index in [0.29, 0.717) is 61.1 Å². The number of hydrogen-bond acceptors (Lipinski definition) is 9. The van der Waals surface area contributed by atoms with E-state index in [1.54, 1.807) is 29.1 Å². The Hall–Kier alpha value is -4.49. The topological polar surface area (TPSA) is 135 Å². The number of aromatic nitrogens is 5. The minimum absolute atomic E-state index is 0.277. The number of likely N-dealkylation sites (N-methyl/N-ethyl adjacent to an activating group) is 1. The normalized spacial score (nSPS) is 14.4. The van der Waals surface area contributed by atoms with Crippen molar-refractivity contribution in [1.82, 2.24) is 39.9 Å². The molecule has 4 N–H and O–H groups in total. The number of carbonyl (C=O) groups is 1. The van der Waals surface area contributed by atoms with Gasteiger partial charge in [0.05, 0.1) is 35.6 Å². The van der Waals surface area contributed by atoms with Crippen molar-refractivity contribution < 1.29 is 13.6 Å². The van der Waals surface area contributed by atoms with Crippen LogP contribution >= 0.6 is 0 Å². The molecule has 1 amide bonds. The molecule has 0 unspecified atom stereocenters. The highest BCUT2D eigenvalue weighted by Gasteiger charge is 2.21. The van der Waals surface area contributed by atoms with Crippen LogP contribution < -0.4 is 21.3 Å². The molecular weight excluding hydrogens is 515 g/mol. The predicted molar refractivity (Wildman–Crippen MR) is 150 cm³/mol. The van der Waals surface area contributed by atoms with Gasteiger partial charge < -0.3 is 25.7 Å². The molecule has 0 radical (unpaired) electrons. The van der Waals surface area contributed by atoms with Gasteiger partial charge in [0.1, 0.15) is 11.5 Å². The number of anilines is 2. The monoisotopic (exact) mass is 546 g/mol. The van der Waals surface area contributed by atoms with Crippen LogP contribution in [0.25, 0.3) is 28.0 Å². The second-order valence-electron chi connectivity index (χ2n) is 9.73. The van der Waals surface area contributed by atoms with Crippen molar-refractivity contribution in [3.8, 4) is 11.5 Å². The number of nitrogens with zero attached hydrogens (tertiary/aromatic N) is 7. The molecular formula is C27H31FN10O2. The van der Waals surface area contributed by atoms with Crippen LogP contribution in [-0.4, -0.2) is 88.0 Å². The summed E-state index contributed by atoms with van der Waals surface area (Å²) in [5.41, 5.74) is 9.27. The van der Waals surface area contributed by atoms with Gasteiger partial charge in [-0.25, -0.2) is 9.07 Å². The number of fused-ring (bicyclic) bond motifs is 3. The summed E-state index contributed by atoms with van der Waals surface area (Å²) < 4.78 is 23.8. The van der Waals surface area contributed by atoms with E-state index in [1.807, 2.05) is 34.8 Å². The molecule has 1 aliphatic heterocycles. The summed E-state index contributed by atoms with van der Waals surface area (Å²) >= 11 is 0. The van der Waals surface area contributed by atoms with Crippen molar-refractivity contribution in [2.45, 2.75) is 6.54 Å². The van der Waals surface area contributed by atoms with E-state index in [2.05, 4.69) is 30.7 Å². The lowest BCUT2D eigenvalue weighted by molar-refractivity contribution is 0.0953. The van der Waals surface area contributed by atoms with E-state index in [-0.39, 0.29) is 17.7 Å². The van der Waals surface area contributed by atoms with Crippen molar-refractivity contribution in [3.63, 3.8) is 0 Å². The van der Waals surface area contributed by atoms with Crippen molar-refractivity contribution in [1.29, 1.82) is 0 Å². The number of nitrogens with two attached hydrogens (primary N) is 1. The van der Waals surface area contributed by atoms with E-state index < -0.39 is 0 Å². The van der Waals surface area contributed by atoms with Crippen LogP contribution in [0.3, 0.4) is 0 Å². The average molecular weight is 547 g/mol. The van der Waals surface area contributed by atoms with E-state index >= 15 is 0 Å². The molecule has 6 rings (SSSR count). The molecule has 1 aromatic carbocycles. The number of furan rings is 1. The molecule has 0 bridgehead atoms. The first-order valence-electron chi connectivity index (χ1n) is 13.3. The van der Waals surface area contributed by atoms with Gasteiger partial charge in [-0.05, 0) is 43.4 Å². The van der Waals surface area contributed by atoms with Crippen LogP contribution in [0.15, 0.2) is 53.3 Å². The van der Waals surface area contributed by atoms with Crippen LogP contribution in [-0.2, 0) is 6.54 Å². The highest BCUT2D eigenvalue weighted by atomic mass is 19.1. The number of piperazine rings is 1. The Labute approximate surface area is 229 Å². The van der Waals surface area contributed by atoms with Crippen molar-refractivity contribution in [2.75, 3.05) is 63.5 Å². The summed E-state index contributed by atoms with van der Waals surface area (Å²) in [7, 11) is 1.81. The third-order valence-corrected chi connectivity index (χ3v) is 7.22. The zero-order valence-corrected chi connectivity index (χ0v) is 22.2. The van der Waals surface area contributed by atoms with Gasteiger partial charge in [0.2, 0.25) is 5.95 Å². The fourth-order valence-electron chi connectivity index (χ4n) is 5.05. The average Bonchev–Trinajstić information content (AvgIpc) is 3.72. The molecule has 4 aromatic heterocycles. The Morgan fingerprint density at radius 3 is 2.73 bits per heavy atom. The lowest BCUT2D eigenvalue weighted by atomic mass is 10.1. The molecule has 0 atom stereocenters. The number of amides is 1. The van der Waals surface area contributed by atoms with E-state index in [9.17, 15) is 9.18 Å². The molecule has 13 heteroatoms. The maximum absolute atomic E-state index is 14.9. The number of rotatable bonds is 9. The summed E-state index contributed by atoms with van der Waals surface area (Å²) in [6, 6.07) is 10.3. The summed E-state index contributed by atoms with van der Waals surface area (Å²) in [5, 5.41) is 15.7. The molecule has 208 valence electrons. The molecule has 1 aliphatic rings. The molecule has 0 aliphatic carbocycles. The first-order chi connectivity index (χ1) is 19.5. The lowest BCUT2D eigenvalue weighted by Gasteiger charge is -2.36. The van der Waals surface area contributed by atoms with E-state index in [0.717, 1.165) is 30.5 Å². The SMILES string of the molecule is CNCCNC(=O)c1ccc(N2CCN(CCn3ncc4c3nc(N)n3nc(-c5ccco5)cc43)CC2)c(F)c1. The Morgan fingerprint density at radius 2 is 1.98 bits per heavy atom. The lowest BCUT2D eigenvalue weighted by Crippen LogP contribution is -2.47. The van der Waals surface area contributed by atoms with Crippen LogP contribution in [0, 0.1) is 5.82 Å². The van der Waals surface area contributed by atoms with Gasteiger partial charge in [-0.1, -0.05) is 0 Å². The summed E-state index contributed by atoms with van der Waals surface area (Å²) in [5.74, 6) is 0.270. The number of nitrogens with one attached hydrogen (secondary N) is 2. The number of benzene rings is 1. The second-order valence-corrected chi connectivity index (χ2v) is 9.73. The predicted octanol–water partition coefficient (Wildman–Crippen LogP) is 1.83. The fraction of sp³-hybridized carbons (Fsp3) is 0.333. The zero-order valence-electron chi connectivity index (χ0n) is 22.2. The van der Waals surface area contributed by atoms with Crippen LogP contribution in [0.5, 0.6) is 0 Å². The molecule has 5 aromatic rings. The Morgan fingerprint density at radius 1 is 1.12 bits per heavy atom. The maximum Gasteiger partial charge on any atom is 0.251 e. The standard InChI is InChI=1S/C27H31FN10O2/c1-30-6-7-31-26(39)18-4-5-22(20(28)15-18)36-11-8-35(9-12-36)10-13-37-25-19(17-32-37)23-16-21(24-3-2-14-40-24)34-38(23)27(29)33-25/h2-5,14-17,30H,6-13H2,1H3,(H2,29,33)(H,31,39). The maximum atomic E-state index is 14.9. The van der Waals surface area contributed by atoms with Gasteiger partial charge in [0, 0.05) is 51.4 Å². The Balaban J connectivity index is 1.08. The van der Waals surface area contributed by atoms with E-state index in [1.165, 1.54) is 6.07 Å². The highest BCUT2D eigenvalue weighted by Crippen LogP contribution is 2.27. The molecule has 0 spiro atoms. The fourth-order valence-corrected chi connectivity index (χ4v) is 5.05. The molecule has 1 saturated heterocycles. The van der Waals surface area contributed by atoms with Gasteiger partial charge >= 0.3 is 0 Å². The van der Waals surface area contributed by atoms with Crippen LogP contribution in [0.4, 0.5) is 16.0 Å². The minimum Gasteiger partial charge on any atom is -0.463 e. The number of nitrogen functional groups attached to an aromatic ring is 1. The molecule has 40 heavy (non-hydrogen) atoms. The summed E-state index contributed by atoms with van der Waals surface area (Å²) in [4.78, 5) is 21.1. The molecule has 5 heterocycles. The largest absolute Gasteiger partial charge is 0.463 e. The Bertz CT molecular complexity index is 1640. The first kappa shape index (κ1) is 25.8.